The molecule has 22 heteroatoms. The highest BCUT2D eigenvalue weighted by Crippen LogP contribution is 2.38. The Hall–Kier alpha value is -3.69. The number of piperidine rings is 1. The maximum absolute atomic E-state index is 14.5. The second-order valence-corrected chi connectivity index (χ2v) is 25.5. The summed E-state index contributed by atoms with van der Waals surface area (Å²) in [6.45, 7) is 29.8. The van der Waals surface area contributed by atoms with Crippen molar-refractivity contribution in [1.29, 1.82) is 0 Å². The number of nitrogens with zero attached hydrogens (tertiary/aromatic N) is 1. The minimum atomic E-state index is -2.42. The Labute approximate surface area is 604 Å². The van der Waals surface area contributed by atoms with Crippen LogP contribution in [0.1, 0.15) is 188 Å². The minimum absolute atomic E-state index is 0. The number of allylic oxidation sites excluding steroid dienone is 6. The van der Waals surface area contributed by atoms with Crippen LogP contribution in [0, 0.1) is 35.5 Å². The van der Waals surface area contributed by atoms with Crippen LogP contribution in [-0.2, 0) is 66.6 Å². The van der Waals surface area contributed by atoms with Gasteiger partial charge >= 0.3 is 5.97 Å². The van der Waals surface area contributed by atoms with Crippen LogP contribution in [0.4, 0.5) is 0 Å². The number of methoxy groups -OCH3 is 6. The zero-order chi connectivity index (χ0) is 73.0. The van der Waals surface area contributed by atoms with Crippen LogP contribution in [0.3, 0.4) is 0 Å². The van der Waals surface area contributed by atoms with E-state index >= 15 is 0 Å². The van der Waals surface area contributed by atoms with Crippen LogP contribution in [0.15, 0.2) is 47.6 Å². The van der Waals surface area contributed by atoms with Crippen molar-refractivity contribution in [2.45, 2.75) is 243 Å². The van der Waals surface area contributed by atoms with Gasteiger partial charge in [0.15, 0.2) is 5.78 Å². The molecule has 7 N–H and O–H groups in total. The molecule has 4 rings (SSSR count). The number of likely N-dealkylation sites (N-methyl/N-ethyl adjacent to an activating group) is 3. The molecule has 586 valence electrons. The summed E-state index contributed by atoms with van der Waals surface area (Å²) >= 11 is 0. The van der Waals surface area contributed by atoms with Gasteiger partial charge in [0.1, 0.15) is 30.1 Å². The molecule has 1 saturated carbocycles. The number of rotatable bonds is 23. The summed E-state index contributed by atoms with van der Waals surface area (Å²) in [5.74, 6) is -7.59. The van der Waals surface area contributed by atoms with E-state index in [2.05, 4.69) is 40.4 Å². The van der Waals surface area contributed by atoms with Gasteiger partial charge in [0.05, 0.1) is 44.7 Å². The number of Topliss-reactive ketones (excluding diaryl/α,β-unsaturated/α-hetero) is 3. The van der Waals surface area contributed by atoms with Gasteiger partial charge in [-0.15, -0.1) is 0 Å². The van der Waals surface area contributed by atoms with Crippen molar-refractivity contribution in [3.05, 3.63) is 47.6 Å². The van der Waals surface area contributed by atoms with E-state index in [1.807, 2.05) is 100 Å². The summed E-state index contributed by atoms with van der Waals surface area (Å²) in [5, 5.41) is 38.9. The molecule has 99 heavy (non-hydrogen) atoms. The number of hydrogen-bond acceptors (Lipinski definition) is 21. The standard InChI is InChI=1S/C53H84N2O12.C6H15NO2.C5H13NO.C4H11NO.C4H11N.C2H6.3CH4/c1-12-54-41-24-22-39(29-46(41)64-10)28-35(5)45-31-43(56)34(4)27-37(7)48(58)49(65-11)47(57)36(6)26-32(2)18-14-13-15-19-33(3)44(63-9)30-40-23-21-38(8)53(62,67-40)50(59)51(60)55-25-17-16-20-42(55)52(61)66-45;1-7-3-4-9-6-5-8-2;1-6-4-3-5-7-2;1-5-3-4-6-2;1-3-4-5-2;1-2;;;/h13-15,18-19,27,32,34-36,38-42,44-46,48-49,54,58,62H,12,16-17,20-26,28-31H2,1-11H3;7H,3-6H2,1-2H3;6H,3-5H2,1-2H3;5H,3-4H2,1-2H3;5H,3-4H2,1-2H3;1-2H3;3*1H4/b15-13+,18-14+,33-19+,37-27+;;;;;;;;/t32-,34-,35-,36-,38-,39+,40+,41-,42+,44+,45+,46-,48-,49+,53-;;;;;;;;/m1......../s1. The summed E-state index contributed by atoms with van der Waals surface area (Å²) in [7, 11) is 17.5. The van der Waals surface area contributed by atoms with Crippen molar-refractivity contribution in [2.24, 2.45) is 35.5 Å². The van der Waals surface area contributed by atoms with Crippen LogP contribution in [0.25, 0.3) is 0 Å². The predicted molar refractivity (Wildman–Crippen MR) is 405 cm³/mol. The maximum atomic E-state index is 14.5. The SMILES string of the molecule is C.C.C.CC.CCCNC.CCN[C@@H]1CC[C@@H](C[C@@H](C)[C@@H]2CC(=O)[C@H](C)/C=C(\C)[C@@H](O)[C@@H](OC)C(=O)[C@H](C)C[C@H](C)/C=C/C=C/C=C(\C)[C@@H](OC)C[C@@H]3CC[C@@H](C)[C@@](O)(O3)C(=O)C(=O)N3CCCC[C@H]3C(=O)O2)C[C@H]1OC.CNCCCOC.CNCCOC.CNCCOCCOC. The molecule has 2 saturated heterocycles. The summed E-state index contributed by atoms with van der Waals surface area (Å²) in [4.78, 5) is 72.2. The van der Waals surface area contributed by atoms with Crippen molar-refractivity contribution >= 4 is 29.2 Å². The predicted octanol–water partition coefficient (Wildman–Crippen LogP) is 10.3. The van der Waals surface area contributed by atoms with Crippen molar-refractivity contribution in [2.75, 3.05) is 143 Å². The van der Waals surface area contributed by atoms with Gasteiger partial charge in [-0.3, -0.25) is 19.2 Å². The zero-order valence-electron chi connectivity index (χ0n) is 63.8. The lowest BCUT2D eigenvalue weighted by atomic mass is 9.77. The number of aliphatic hydroxyl groups excluding tert-OH is 1. The molecule has 3 heterocycles. The fourth-order valence-electron chi connectivity index (χ4n) is 11.9. The lowest BCUT2D eigenvalue weighted by molar-refractivity contribution is -0.265. The number of aliphatic hydroxyl groups is 2. The number of amides is 1. The molecule has 0 unspecified atom stereocenters. The van der Waals surface area contributed by atoms with Crippen molar-refractivity contribution in [3.8, 4) is 0 Å². The van der Waals surface area contributed by atoms with Gasteiger partial charge in [-0.2, -0.15) is 0 Å². The quantitative estimate of drug-likeness (QED) is 0.0217. The van der Waals surface area contributed by atoms with Crippen LogP contribution in [-0.4, -0.2) is 242 Å². The van der Waals surface area contributed by atoms with Gasteiger partial charge in [0.2, 0.25) is 5.79 Å². The number of fused-ring (bicyclic) bond motifs is 3. The molecule has 3 aliphatic heterocycles. The van der Waals surface area contributed by atoms with Crippen molar-refractivity contribution in [3.63, 3.8) is 0 Å². The van der Waals surface area contributed by atoms with Gasteiger partial charge in [-0.05, 0) is 168 Å². The van der Waals surface area contributed by atoms with E-state index in [0.717, 1.165) is 83.8 Å². The summed E-state index contributed by atoms with van der Waals surface area (Å²) in [6.07, 6.45) is 15.6. The average molecular weight is 1420 g/mol. The Morgan fingerprint density at radius 1 is 0.697 bits per heavy atom. The number of hydrogen-bond donors (Lipinski definition) is 7. The molecular weight excluding hydrogens is 1260 g/mol. The molecule has 0 aromatic rings. The molecule has 4 aliphatic rings. The van der Waals surface area contributed by atoms with Gasteiger partial charge in [0.25, 0.3) is 11.7 Å². The molecule has 22 nitrogen and oxygen atoms in total. The lowest BCUT2D eigenvalue weighted by Gasteiger charge is -2.42. The molecule has 15 atom stereocenters. The van der Waals surface area contributed by atoms with Gasteiger partial charge in [-0.25, -0.2) is 4.79 Å². The fraction of sp³-hybridized carbons (Fsp3) is 0.831. The number of ether oxygens (including phenoxy) is 9. The first-order chi connectivity index (χ1) is 45.9. The second-order valence-electron chi connectivity index (χ2n) is 25.5. The molecular formula is C77H152N6O16. The Morgan fingerprint density at radius 2 is 1.32 bits per heavy atom. The van der Waals surface area contributed by atoms with E-state index < -0.39 is 77.8 Å². The first-order valence-corrected chi connectivity index (χ1v) is 35.8. The van der Waals surface area contributed by atoms with Gasteiger partial charge in [-0.1, -0.05) is 121 Å². The number of carbonyl (C=O) groups is 5. The molecule has 0 radical (unpaired) electrons. The smallest absolute Gasteiger partial charge is 0.329 e. The van der Waals surface area contributed by atoms with E-state index in [9.17, 15) is 34.2 Å². The van der Waals surface area contributed by atoms with Crippen LogP contribution in [0.5, 0.6) is 0 Å². The summed E-state index contributed by atoms with van der Waals surface area (Å²) in [6, 6.07) is -0.885. The molecule has 1 aliphatic carbocycles. The molecule has 1 amide bonds. The third-order valence-corrected chi connectivity index (χ3v) is 17.7. The van der Waals surface area contributed by atoms with E-state index in [1.165, 1.54) is 18.4 Å². The van der Waals surface area contributed by atoms with E-state index in [-0.39, 0.29) is 83.1 Å². The Bertz CT molecular complexity index is 2140. The van der Waals surface area contributed by atoms with E-state index in [4.69, 9.17) is 42.6 Å². The highest BCUT2D eigenvalue weighted by atomic mass is 16.6. The zero-order valence-corrected chi connectivity index (χ0v) is 63.8. The summed E-state index contributed by atoms with van der Waals surface area (Å²) < 4.78 is 49.3. The second kappa shape index (κ2) is 64.0. The topological polar surface area (TPSA) is 272 Å². The molecule has 3 fully saturated rings. The highest BCUT2D eigenvalue weighted by molar-refractivity contribution is 6.39. The number of cyclic esters (lactones) is 1. The summed E-state index contributed by atoms with van der Waals surface area (Å²) in [5.41, 5.74) is 1.29. The maximum Gasteiger partial charge on any atom is 0.329 e. The number of carbonyl (C=O) groups excluding carboxylic acids is 5. The Balaban J connectivity index is -0.000000767. The number of esters is 1. The molecule has 0 aromatic heterocycles. The van der Waals surface area contributed by atoms with E-state index in [1.54, 1.807) is 62.4 Å². The molecule has 0 spiro atoms. The fourth-order valence-corrected chi connectivity index (χ4v) is 11.9. The lowest BCUT2D eigenvalue weighted by Crippen LogP contribution is -2.61. The molecule has 0 aromatic carbocycles. The van der Waals surface area contributed by atoms with E-state index in [0.29, 0.717) is 63.7 Å². The first kappa shape index (κ1) is 104. The van der Waals surface area contributed by atoms with Gasteiger partial charge in [0, 0.05) is 106 Å². The van der Waals surface area contributed by atoms with Crippen molar-refractivity contribution in [1.82, 2.24) is 31.5 Å². The third-order valence-electron chi connectivity index (χ3n) is 17.7. The third kappa shape index (κ3) is 42.0. The molecule has 2 bridgehead atoms. The number of ketones is 3. The average Bonchev–Trinajstić information content (AvgIpc) is 0.776. The normalized spacial score (nSPS) is 29.4. The van der Waals surface area contributed by atoms with Crippen LogP contribution < -0.4 is 26.6 Å². The van der Waals surface area contributed by atoms with Crippen molar-refractivity contribution < 1.29 is 76.8 Å². The minimum Gasteiger partial charge on any atom is -0.460 e. The van der Waals surface area contributed by atoms with Crippen LogP contribution in [0.2, 0.25) is 0 Å². The highest BCUT2D eigenvalue weighted by Gasteiger charge is 2.53. The Morgan fingerprint density at radius 3 is 1.87 bits per heavy atom. The van der Waals surface area contributed by atoms with Crippen LogP contribution >= 0.6 is 0 Å². The largest absolute Gasteiger partial charge is 0.460 e. The van der Waals surface area contributed by atoms with Gasteiger partial charge < -0.3 is 84.3 Å². The first-order valence-electron chi connectivity index (χ1n) is 35.8. The number of nitrogens with one attached hydrogen (secondary N) is 5. The monoisotopic (exact) mass is 1420 g/mol. The Kier molecular flexibility index (Phi) is 67.1.